The van der Waals surface area contributed by atoms with E-state index in [0.29, 0.717) is 20.8 Å². The molecule has 2 rings (SSSR count). The molecule has 0 unspecified atom stereocenters. The van der Waals surface area contributed by atoms with Gasteiger partial charge in [0.2, 0.25) is 0 Å². The van der Waals surface area contributed by atoms with Gasteiger partial charge in [-0.2, -0.15) is 0 Å². The van der Waals surface area contributed by atoms with Crippen LogP contribution in [0.25, 0.3) is 0 Å². The van der Waals surface area contributed by atoms with Gasteiger partial charge >= 0.3 is 0 Å². The van der Waals surface area contributed by atoms with Crippen LogP contribution < -0.4 is 0 Å². The van der Waals surface area contributed by atoms with Crippen molar-refractivity contribution in [3.8, 4) is 0 Å². The zero-order chi connectivity index (χ0) is 12.4. The van der Waals surface area contributed by atoms with Gasteiger partial charge in [-0.3, -0.25) is 9.69 Å². The molecule has 0 N–H and O–H groups in total. The first-order valence-corrected chi connectivity index (χ1v) is 7.30. The molecule has 0 atom stereocenters. The lowest BCUT2D eigenvalue weighted by Gasteiger charge is -2.29. The van der Waals surface area contributed by atoms with E-state index >= 15 is 0 Å². The van der Waals surface area contributed by atoms with E-state index in [0.717, 1.165) is 12.5 Å². The van der Waals surface area contributed by atoms with Crippen LogP contribution in [0.2, 0.25) is 8.67 Å². The number of carbonyl (C=O) groups is 1. The number of thiophene rings is 1. The quantitative estimate of drug-likeness (QED) is 0.765. The van der Waals surface area contributed by atoms with E-state index in [1.807, 2.05) is 7.05 Å². The molecule has 0 aromatic carbocycles. The lowest BCUT2D eigenvalue weighted by atomic mass is 9.85. The maximum atomic E-state index is 12.0. The third-order valence-corrected chi connectivity index (χ3v) is 4.65. The van der Waals surface area contributed by atoms with Crippen molar-refractivity contribution in [1.29, 1.82) is 0 Å². The van der Waals surface area contributed by atoms with Crippen molar-refractivity contribution < 1.29 is 4.79 Å². The van der Waals surface area contributed by atoms with Crippen LogP contribution in [0.1, 0.15) is 29.6 Å². The summed E-state index contributed by atoms with van der Waals surface area (Å²) in [5.74, 6) is 0.828. The molecule has 0 saturated heterocycles. The monoisotopic (exact) mass is 291 g/mol. The highest BCUT2D eigenvalue weighted by Gasteiger charge is 2.21. The van der Waals surface area contributed by atoms with Crippen molar-refractivity contribution in [2.75, 3.05) is 20.1 Å². The lowest BCUT2D eigenvalue weighted by molar-refractivity contribution is 0.0925. The molecular formula is C12H15Cl2NOS. The predicted molar refractivity (Wildman–Crippen MR) is 73.5 cm³/mol. The van der Waals surface area contributed by atoms with Crippen LogP contribution in [0.5, 0.6) is 0 Å². The number of carbonyl (C=O) groups excluding carboxylic acids is 1. The normalized spacial score (nSPS) is 16.2. The maximum Gasteiger partial charge on any atom is 0.179 e. The maximum absolute atomic E-state index is 12.0. The Kier molecular flexibility index (Phi) is 4.47. The summed E-state index contributed by atoms with van der Waals surface area (Å²) in [6.45, 7) is 1.42. The molecule has 0 amide bonds. The number of halogens is 2. The number of Topliss-reactive ketones (excluding diaryl/α,β-unsaturated/α-hetero) is 1. The van der Waals surface area contributed by atoms with Gasteiger partial charge in [0.1, 0.15) is 4.34 Å². The van der Waals surface area contributed by atoms with Crippen LogP contribution in [-0.2, 0) is 0 Å². The molecular weight excluding hydrogens is 277 g/mol. The molecule has 5 heteroatoms. The third-order valence-electron chi connectivity index (χ3n) is 3.17. The van der Waals surface area contributed by atoms with Crippen LogP contribution >= 0.6 is 34.5 Å². The highest BCUT2D eigenvalue weighted by atomic mass is 35.5. The van der Waals surface area contributed by atoms with E-state index in [-0.39, 0.29) is 5.78 Å². The van der Waals surface area contributed by atoms with Crippen molar-refractivity contribution in [2.45, 2.75) is 19.3 Å². The number of nitrogens with zero attached hydrogens (tertiary/aromatic N) is 1. The summed E-state index contributed by atoms with van der Waals surface area (Å²) < 4.78 is 1.07. The van der Waals surface area contributed by atoms with E-state index in [4.69, 9.17) is 23.2 Å². The first kappa shape index (κ1) is 13.3. The van der Waals surface area contributed by atoms with Crippen LogP contribution in [0, 0.1) is 5.92 Å². The number of hydrogen-bond donors (Lipinski definition) is 0. The Morgan fingerprint density at radius 1 is 1.53 bits per heavy atom. The van der Waals surface area contributed by atoms with Gasteiger partial charge in [-0.05, 0) is 31.9 Å². The zero-order valence-electron chi connectivity index (χ0n) is 9.71. The molecule has 0 aliphatic heterocycles. The highest BCUT2D eigenvalue weighted by molar-refractivity contribution is 7.20. The summed E-state index contributed by atoms with van der Waals surface area (Å²) >= 11 is 13.0. The van der Waals surface area contributed by atoms with E-state index in [9.17, 15) is 4.79 Å². The second-order valence-electron chi connectivity index (χ2n) is 4.65. The Morgan fingerprint density at radius 2 is 2.24 bits per heavy atom. The van der Waals surface area contributed by atoms with E-state index in [2.05, 4.69) is 4.90 Å². The Bertz CT molecular complexity index is 415. The van der Waals surface area contributed by atoms with Crippen LogP contribution in [-0.4, -0.2) is 30.8 Å². The first-order chi connectivity index (χ1) is 8.06. The van der Waals surface area contributed by atoms with Crippen LogP contribution in [0.3, 0.4) is 0 Å². The third kappa shape index (κ3) is 3.44. The molecule has 1 aliphatic rings. The summed E-state index contributed by atoms with van der Waals surface area (Å²) in [7, 11) is 1.98. The fourth-order valence-corrected chi connectivity index (χ4v) is 3.54. The summed E-state index contributed by atoms with van der Waals surface area (Å²) in [6.07, 6.45) is 3.92. The van der Waals surface area contributed by atoms with Crippen molar-refractivity contribution >= 4 is 40.3 Å². The number of likely N-dealkylation sites (N-methyl/N-ethyl adjacent to an activating group) is 1. The van der Waals surface area contributed by atoms with Crippen molar-refractivity contribution in [1.82, 2.24) is 4.90 Å². The number of ketones is 1. The van der Waals surface area contributed by atoms with Gasteiger partial charge in [0, 0.05) is 6.54 Å². The molecule has 17 heavy (non-hydrogen) atoms. The number of rotatable bonds is 5. The molecule has 1 aromatic heterocycles. The van der Waals surface area contributed by atoms with Gasteiger partial charge in [-0.1, -0.05) is 29.6 Å². The minimum atomic E-state index is 0.0555. The van der Waals surface area contributed by atoms with Crippen LogP contribution in [0.15, 0.2) is 6.07 Å². The van der Waals surface area contributed by atoms with Crippen LogP contribution in [0.4, 0.5) is 0 Å². The van der Waals surface area contributed by atoms with Crippen molar-refractivity contribution in [3.63, 3.8) is 0 Å². The molecule has 1 heterocycles. The van der Waals surface area contributed by atoms with Gasteiger partial charge in [0.25, 0.3) is 0 Å². The molecule has 0 radical (unpaired) electrons. The predicted octanol–water partition coefficient (Wildman–Crippen LogP) is 3.97. The van der Waals surface area contributed by atoms with E-state index in [1.165, 1.54) is 30.6 Å². The molecule has 1 saturated carbocycles. The zero-order valence-corrected chi connectivity index (χ0v) is 12.0. The number of hydrogen-bond acceptors (Lipinski definition) is 3. The van der Waals surface area contributed by atoms with Crippen molar-refractivity contribution in [3.05, 3.63) is 20.3 Å². The summed E-state index contributed by atoms with van der Waals surface area (Å²) in [6, 6.07) is 1.66. The second-order valence-corrected chi connectivity index (χ2v) is 6.94. The molecule has 1 aliphatic carbocycles. The summed E-state index contributed by atoms with van der Waals surface area (Å²) in [5, 5.41) is 0. The van der Waals surface area contributed by atoms with Gasteiger partial charge in [0.15, 0.2) is 5.78 Å². The average molecular weight is 292 g/mol. The summed E-state index contributed by atoms with van der Waals surface area (Å²) in [5.41, 5.74) is 0.558. The van der Waals surface area contributed by atoms with Gasteiger partial charge in [-0.15, -0.1) is 11.3 Å². The Balaban J connectivity index is 1.89. The first-order valence-electron chi connectivity index (χ1n) is 5.73. The Hall–Kier alpha value is -0.0900. The molecule has 94 valence electrons. The molecule has 0 spiro atoms. The minimum absolute atomic E-state index is 0.0555. The topological polar surface area (TPSA) is 20.3 Å². The fraction of sp³-hybridized carbons (Fsp3) is 0.583. The van der Waals surface area contributed by atoms with Gasteiger partial charge in [-0.25, -0.2) is 0 Å². The lowest BCUT2D eigenvalue weighted by Crippen LogP contribution is -2.33. The molecule has 0 bridgehead atoms. The SMILES string of the molecule is CN(CC(=O)c1cc(Cl)sc1Cl)CC1CCC1. The van der Waals surface area contributed by atoms with Crippen molar-refractivity contribution in [2.24, 2.45) is 5.92 Å². The summed E-state index contributed by atoms with van der Waals surface area (Å²) in [4.78, 5) is 14.1. The van der Waals surface area contributed by atoms with Gasteiger partial charge in [0.05, 0.1) is 16.4 Å². The molecule has 1 fully saturated rings. The van der Waals surface area contributed by atoms with E-state index in [1.54, 1.807) is 6.07 Å². The fourth-order valence-electron chi connectivity index (χ4n) is 2.04. The minimum Gasteiger partial charge on any atom is -0.299 e. The second kappa shape index (κ2) is 5.70. The largest absolute Gasteiger partial charge is 0.299 e. The highest BCUT2D eigenvalue weighted by Crippen LogP contribution is 2.31. The van der Waals surface area contributed by atoms with Gasteiger partial charge < -0.3 is 0 Å². The standard InChI is InChI=1S/C12H15Cl2NOS/c1-15(6-8-3-2-4-8)7-10(16)9-5-11(13)17-12(9)14/h5,8H,2-4,6-7H2,1H3. The smallest absolute Gasteiger partial charge is 0.179 e. The molecule has 2 nitrogen and oxygen atoms in total. The van der Waals surface area contributed by atoms with E-state index < -0.39 is 0 Å². The Labute approximate surface area is 116 Å². The average Bonchev–Trinajstić information content (AvgIpc) is 2.52. The molecule has 1 aromatic rings. The Morgan fingerprint density at radius 3 is 2.71 bits per heavy atom.